The van der Waals surface area contributed by atoms with Gasteiger partial charge >= 0.3 is 11.9 Å². The quantitative estimate of drug-likeness (QED) is 0.597. The summed E-state index contributed by atoms with van der Waals surface area (Å²) in [5, 5.41) is 9.62. The lowest BCUT2D eigenvalue weighted by Crippen LogP contribution is -2.47. The second-order valence-corrected chi connectivity index (χ2v) is 8.74. The molecule has 3 aliphatic heterocycles. The molecule has 6 heteroatoms. The third-order valence-corrected chi connectivity index (χ3v) is 6.99. The number of ether oxygens (including phenoxy) is 3. The molecule has 3 saturated heterocycles. The van der Waals surface area contributed by atoms with Crippen molar-refractivity contribution in [2.24, 2.45) is 17.3 Å². The van der Waals surface area contributed by atoms with Crippen LogP contribution in [-0.2, 0) is 23.8 Å². The Bertz CT molecular complexity index is 553. The number of carboxylic acids is 1. The minimum absolute atomic E-state index is 0.0255. The highest BCUT2D eigenvalue weighted by atomic mass is 16.6. The van der Waals surface area contributed by atoms with Crippen LogP contribution in [0.25, 0.3) is 0 Å². The van der Waals surface area contributed by atoms with Crippen molar-refractivity contribution in [3.05, 3.63) is 0 Å². The van der Waals surface area contributed by atoms with Crippen molar-refractivity contribution in [1.82, 2.24) is 0 Å². The minimum Gasteiger partial charge on any atom is -0.481 e. The molecule has 26 heavy (non-hydrogen) atoms. The van der Waals surface area contributed by atoms with Gasteiger partial charge in [-0.3, -0.25) is 9.59 Å². The Morgan fingerprint density at radius 2 is 1.92 bits per heavy atom. The molecule has 1 N–H and O–H groups in total. The molecule has 5 rings (SSSR count). The summed E-state index contributed by atoms with van der Waals surface area (Å²) < 4.78 is 16.1. The molecule has 7 atom stereocenters. The van der Waals surface area contributed by atoms with Gasteiger partial charge in [-0.1, -0.05) is 0 Å². The highest BCUT2D eigenvalue weighted by molar-refractivity contribution is 5.75. The highest BCUT2D eigenvalue weighted by Gasteiger charge is 2.62. The van der Waals surface area contributed by atoms with E-state index in [1.165, 1.54) is 0 Å². The van der Waals surface area contributed by atoms with Crippen LogP contribution in [-0.4, -0.2) is 48.1 Å². The molecule has 6 nitrogen and oxygen atoms in total. The Kier molecular flexibility index (Phi) is 4.99. The average molecular weight is 366 g/mol. The number of epoxide rings is 2. The van der Waals surface area contributed by atoms with Gasteiger partial charge in [0, 0.05) is 12.3 Å². The topological polar surface area (TPSA) is 88.7 Å². The van der Waals surface area contributed by atoms with Crippen molar-refractivity contribution in [2.45, 2.75) is 89.1 Å². The van der Waals surface area contributed by atoms with Gasteiger partial charge in [-0.2, -0.15) is 0 Å². The zero-order valence-corrected chi connectivity index (χ0v) is 15.5. The normalized spacial score (nSPS) is 46.4. The van der Waals surface area contributed by atoms with Crippen LogP contribution in [0.1, 0.15) is 64.7 Å². The van der Waals surface area contributed by atoms with Crippen molar-refractivity contribution in [3.63, 3.8) is 0 Å². The summed E-state index contributed by atoms with van der Waals surface area (Å²) in [6.07, 6.45) is 10.2. The smallest absolute Gasteiger partial charge is 0.309 e. The van der Waals surface area contributed by atoms with E-state index in [9.17, 15) is 14.7 Å². The second-order valence-electron chi connectivity index (χ2n) is 8.74. The van der Waals surface area contributed by atoms with Crippen molar-refractivity contribution in [3.8, 4) is 0 Å². The first kappa shape index (κ1) is 18.2. The Hall–Kier alpha value is -1.14. The van der Waals surface area contributed by atoms with E-state index in [0.29, 0.717) is 37.3 Å². The molecule has 0 aromatic rings. The lowest BCUT2D eigenvalue weighted by Gasteiger charge is -2.41. The molecule has 2 aliphatic carbocycles. The fourth-order valence-electron chi connectivity index (χ4n) is 5.28. The van der Waals surface area contributed by atoms with Crippen LogP contribution in [0.4, 0.5) is 0 Å². The van der Waals surface area contributed by atoms with E-state index in [2.05, 4.69) is 0 Å². The Balaban J connectivity index is 0.000000178. The Morgan fingerprint density at radius 3 is 2.69 bits per heavy atom. The van der Waals surface area contributed by atoms with Gasteiger partial charge in [-0.15, -0.1) is 0 Å². The largest absolute Gasteiger partial charge is 0.481 e. The van der Waals surface area contributed by atoms with Crippen molar-refractivity contribution in [1.29, 1.82) is 0 Å². The predicted molar refractivity (Wildman–Crippen MR) is 92.6 cm³/mol. The molecule has 2 saturated carbocycles. The lowest BCUT2D eigenvalue weighted by molar-refractivity contribution is -0.155. The van der Waals surface area contributed by atoms with Crippen molar-refractivity contribution >= 4 is 11.9 Å². The molecule has 5 fully saturated rings. The summed E-state index contributed by atoms with van der Waals surface area (Å²) in [5.74, 6) is 0.00633. The monoisotopic (exact) mass is 366 g/mol. The van der Waals surface area contributed by atoms with Gasteiger partial charge in [-0.25, -0.2) is 0 Å². The molecule has 5 aliphatic rings. The number of carbonyl (C=O) groups is 2. The van der Waals surface area contributed by atoms with Crippen LogP contribution in [0, 0.1) is 17.3 Å². The van der Waals surface area contributed by atoms with E-state index in [4.69, 9.17) is 14.2 Å². The molecule has 0 spiro atoms. The SMILES string of the molecule is CC1(C(=O)O)CCC2OC2C1C1CCC2OC2C1.O=C1CCCCCO1. The number of carboxylic acid groups (broad SMARTS) is 1. The van der Waals surface area contributed by atoms with Crippen LogP contribution >= 0.6 is 0 Å². The summed E-state index contributed by atoms with van der Waals surface area (Å²) in [7, 11) is 0. The zero-order valence-electron chi connectivity index (χ0n) is 15.5. The second kappa shape index (κ2) is 7.12. The minimum atomic E-state index is -0.639. The van der Waals surface area contributed by atoms with Gasteiger partial charge in [-0.05, 0) is 64.2 Å². The lowest BCUT2D eigenvalue weighted by atomic mass is 9.60. The highest BCUT2D eigenvalue weighted by Crippen LogP contribution is 2.57. The molecule has 0 radical (unpaired) electrons. The summed E-state index contributed by atoms with van der Waals surface area (Å²) in [5.41, 5.74) is -0.593. The summed E-state index contributed by atoms with van der Waals surface area (Å²) >= 11 is 0. The van der Waals surface area contributed by atoms with Gasteiger partial charge < -0.3 is 19.3 Å². The first-order valence-electron chi connectivity index (χ1n) is 10.2. The predicted octanol–water partition coefficient (Wildman–Crippen LogP) is 2.93. The maximum atomic E-state index is 11.7. The van der Waals surface area contributed by atoms with Crippen molar-refractivity contribution < 1.29 is 28.9 Å². The molecule has 146 valence electrons. The molecule has 0 aromatic heterocycles. The number of aliphatic carboxylic acids is 1. The van der Waals surface area contributed by atoms with E-state index >= 15 is 0 Å². The first-order valence-corrected chi connectivity index (χ1v) is 10.2. The third-order valence-electron chi connectivity index (χ3n) is 6.99. The molecule has 0 bridgehead atoms. The number of esters is 1. The van der Waals surface area contributed by atoms with Gasteiger partial charge in [0.2, 0.25) is 0 Å². The number of hydrogen-bond acceptors (Lipinski definition) is 5. The summed E-state index contributed by atoms with van der Waals surface area (Å²) in [4.78, 5) is 22.2. The molecule has 3 heterocycles. The Morgan fingerprint density at radius 1 is 1.08 bits per heavy atom. The van der Waals surface area contributed by atoms with E-state index in [0.717, 1.165) is 51.4 Å². The number of cyclic esters (lactones) is 1. The molecule has 0 amide bonds. The van der Waals surface area contributed by atoms with E-state index in [1.54, 1.807) is 0 Å². The van der Waals surface area contributed by atoms with Crippen LogP contribution < -0.4 is 0 Å². The maximum absolute atomic E-state index is 11.7. The third kappa shape index (κ3) is 3.63. The number of hydrogen-bond donors (Lipinski definition) is 1. The van der Waals surface area contributed by atoms with E-state index < -0.39 is 11.4 Å². The van der Waals surface area contributed by atoms with Crippen LogP contribution in [0.3, 0.4) is 0 Å². The van der Waals surface area contributed by atoms with Crippen molar-refractivity contribution in [2.75, 3.05) is 6.61 Å². The molecular weight excluding hydrogens is 336 g/mol. The van der Waals surface area contributed by atoms with Crippen LogP contribution in [0.15, 0.2) is 0 Å². The van der Waals surface area contributed by atoms with Gasteiger partial charge in [0.05, 0.1) is 36.4 Å². The average Bonchev–Trinajstić information content (AvgIpc) is 3.50. The van der Waals surface area contributed by atoms with E-state index in [1.807, 2.05) is 6.92 Å². The van der Waals surface area contributed by atoms with Gasteiger partial charge in [0.25, 0.3) is 0 Å². The molecular formula is C20H30O6. The maximum Gasteiger partial charge on any atom is 0.309 e. The van der Waals surface area contributed by atoms with Gasteiger partial charge in [0.15, 0.2) is 0 Å². The number of fused-ring (bicyclic) bond motifs is 2. The summed E-state index contributed by atoms with van der Waals surface area (Å²) in [6.45, 7) is 2.57. The van der Waals surface area contributed by atoms with Gasteiger partial charge in [0.1, 0.15) is 0 Å². The number of rotatable bonds is 2. The Labute approximate surface area is 154 Å². The standard InChI is InChI=1S/C14H20O4.C6H10O2/c1-14(13(15)16)5-4-9-12(18-9)11(14)7-2-3-8-10(6-7)17-8;7-6-4-2-1-3-5-8-6/h7-12H,2-6H2,1H3,(H,15,16);1-5H2. The zero-order chi connectivity index (χ0) is 18.3. The number of carbonyl (C=O) groups excluding carboxylic acids is 1. The van der Waals surface area contributed by atoms with Crippen LogP contribution in [0.5, 0.6) is 0 Å². The van der Waals surface area contributed by atoms with Crippen LogP contribution in [0.2, 0.25) is 0 Å². The van der Waals surface area contributed by atoms with E-state index in [-0.39, 0.29) is 18.0 Å². The molecule has 0 aromatic carbocycles. The molecule has 7 unspecified atom stereocenters. The first-order chi connectivity index (χ1) is 12.5. The summed E-state index contributed by atoms with van der Waals surface area (Å²) in [6, 6.07) is 0. The fourth-order valence-corrected chi connectivity index (χ4v) is 5.28. The fraction of sp³-hybridized carbons (Fsp3) is 0.900.